The zero-order valence-electron chi connectivity index (χ0n) is 12.0. The predicted octanol–water partition coefficient (Wildman–Crippen LogP) is 4.93. The van der Waals surface area contributed by atoms with Gasteiger partial charge in [-0.1, -0.05) is 42.5 Å². The standard InChI is InChI=1S/C18H12FN3S/c19-15-8-4-5-9-16(15)21-11-14(10-20)18-22-17(12-23-18)13-6-2-1-3-7-13/h1-9,11-12,21H/b14-11+. The lowest BCUT2D eigenvalue weighted by Gasteiger charge is -2.02. The molecule has 3 aromatic rings. The van der Waals surface area contributed by atoms with Crippen molar-refractivity contribution in [3.63, 3.8) is 0 Å². The van der Waals surface area contributed by atoms with Gasteiger partial charge in [-0.2, -0.15) is 5.26 Å². The molecule has 0 radical (unpaired) electrons. The topological polar surface area (TPSA) is 48.7 Å². The third kappa shape index (κ3) is 3.44. The van der Waals surface area contributed by atoms with E-state index in [-0.39, 0.29) is 5.82 Å². The summed E-state index contributed by atoms with van der Waals surface area (Å²) in [6.45, 7) is 0. The highest BCUT2D eigenvalue weighted by Crippen LogP contribution is 2.26. The minimum absolute atomic E-state index is 0.320. The molecule has 0 aliphatic carbocycles. The van der Waals surface area contributed by atoms with Crippen molar-refractivity contribution in [1.29, 1.82) is 5.26 Å². The Morgan fingerprint density at radius 3 is 2.61 bits per heavy atom. The second-order valence-corrected chi connectivity index (χ2v) is 5.56. The summed E-state index contributed by atoms with van der Waals surface area (Å²) in [6, 6.07) is 18.2. The van der Waals surface area contributed by atoms with Gasteiger partial charge in [-0.25, -0.2) is 9.37 Å². The van der Waals surface area contributed by atoms with E-state index in [1.807, 2.05) is 35.7 Å². The maximum Gasteiger partial charge on any atom is 0.146 e. The Hall–Kier alpha value is -2.97. The summed E-state index contributed by atoms with van der Waals surface area (Å²) in [4.78, 5) is 4.48. The largest absolute Gasteiger partial charge is 0.358 e. The molecule has 3 rings (SSSR count). The van der Waals surface area contributed by atoms with Crippen LogP contribution in [0.4, 0.5) is 10.1 Å². The van der Waals surface area contributed by atoms with Crippen LogP contribution >= 0.6 is 11.3 Å². The molecule has 0 unspecified atom stereocenters. The minimum Gasteiger partial charge on any atom is -0.358 e. The van der Waals surface area contributed by atoms with E-state index in [1.54, 1.807) is 18.2 Å². The van der Waals surface area contributed by atoms with Crippen molar-refractivity contribution in [1.82, 2.24) is 4.98 Å². The van der Waals surface area contributed by atoms with E-state index in [4.69, 9.17) is 0 Å². The molecule has 112 valence electrons. The summed E-state index contributed by atoms with van der Waals surface area (Å²) < 4.78 is 13.6. The minimum atomic E-state index is -0.370. The first-order chi connectivity index (χ1) is 11.3. The van der Waals surface area contributed by atoms with Gasteiger partial charge in [0.15, 0.2) is 0 Å². The monoisotopic (exact) mass is 321 g/mol. The number of aromatic nitrogens is 1. The summed E-state index contributed by atoms with van der Waals surface area (Å²) in [5.74, 6) is -0.370. The van der Waals surface area contributed by atoms with Crippen LogP contribution in [0.1, 0.15) is 5.01 Å². The van der Waals surface area contributed by atoms with Crippen molar-refractivity contribution in [3.05, 3.63) is 77.0 Å². The van der Waals surface area contributed by atoms with Gasteiger partial charge >= 0.3 is 0 Å². The van der Waals surface area contributed by atoms with E-state index >= 15 is 0 Å². The van der Waals surface area contributed by atoms with Gasteiger partial charge in [-0.15, -0.1) is 11.3 Å². The first-order valence-electron chi connectivity index (χ1n) is 6.90. The molecule has 1 N–H and O–H groups in total. The van der Waals surface area contributed by atoms with Gasteiger partial charge < -0.3 is 5.32 Å². The molecule has 0 saturated heterocycles. The van der Waals surface area contributed by atoms with Gasteiger partial charge in [0.05, 0.1) is 11.4 Å². The van der Waals surface area contributed by atoms with Gasteiger partial charge in [0.2, 0.25) is 0 Å². The van der Waals surface area contributed by atoms with E-state index in [0.29, 0.717) is 16.3 Å². The first kappa shape index (κ1) is 14.9. The molecule has 3 nitrogen and oxygen atoms in total. The summed E-state index contributed by atoms with van der Waals surface area (Å²) in [5, 5.41) is 14.6. The third-order valence-electron chi connectivity index (χ3n) is 3.17. The molecule has 0 amide bonds. The number of nitrogens with one attached hydrogen (secondary N) is 1. The van der Waals surface area contributed by atoms with Crippen molar-refractivity contribution in [2.24, 2.45) is 0 Å². The Morgan fingerprint density at radius 1 is 1.13 bits per heavy atom. The smallest absolute Gasteiger partial charge is 0.146 e. The Morgan fingerprint density at radius 2 is 1.87 bits per heavy atom. The lowest BCUT2D eigenvalue weighted by atomic mass is 10.2. The number of thiazole rings is 1. The van der Waals surface area contributed by atoms with E-state index in [0.717, 1.165) is 11.3 Å². The molecule has 1 heterocycles. The highest BCUT2D eigenvalue weighted by Gasteiger charge is 2.09. The average molecular weight is 321 g/mol. The average Bonchev–Trinajstić information content (AvgIpc) is 3.08. The quantitative estimate of drug-likeness (QED) is 0.693. The fraction of sp³-hybridized carbons (Fsp3) is 0. The molecule has 0 bridgehead atoms. The van der Waals surface area contributed by atoms with Crippen molar-refractivity contribution >= 4 is 22.6 Å². The van der Waals surface area contributed by atoms with Crippen molar-refractivity contribution in [2.45, 2.75) is 0 Å². The molecule has 0 saturated carbocycles. The second-order valence-electron chi connectivity index (χ2n) is 4.70. The first-order valence-corrected chi connectivity index (χ1v) is 7.78. The highest BCUT2D eigenvalue weighted by molar-refractivity contribution is 7.11. The zero-order chi connectivity index (χ0) is 16.1. The molecule has 1 aromatic heterocycles. The SMILES string of the molecule is N#C/C(=C\Nc1ccccc1F)c1nc(-c2ccccc2)cs1. The zero-order valence-corrected chi connectivity index (χ0v) is 12.8. The Labute approximate surface area is 137 Å². The Balaban J connectivity index is 1.85. The third-order valence-corrected chi connectivity index (χ3v) is 4.05. The highest BCUT2D eigenvalue weighted by atomic mass is 32.1. The summed E-state index contributed by atoms with van der Waals surface area (Å²) >= 11 is 1.38. The van der Waals surface area contributed by atoms with Crippen LogP contribution < -0.4 is 5.32 Å². The van der Waals surface area contributed by atoms with Crippen molar-refractivity contribution in [3.8, 4) is 17.3 Å². The number of hydrogen-bond donors (Lipinski definition) is 1. The summed E-state index contributed by atoms with van der Waals surface area (Å²) in [7, 11) is 0. The van der Waals surface area contributed by atoms with E-state index in [9.17, 15) is 9.65 Å². The number of nitriles is 1. The van der Waals surface area contributed by atoms with Gasteiger partial charge in [-0.05, 0) is 12.1 Å². The van der Waals surface area contributed by atoms with E-state index < -0.39 is 0 Å². The maximum absolute atomic E-state index is 13.6. The van der Waals surface area contributed by atoms with Crippen LogP contribution in [0.2, 0.25) is 0 Å². The maximum atomic E-state index is 13.6. The number of benzene rings is 2. The predicted molar refractivity (Wildman–Crippen MR) is 91.2 cm³/mol. The van der Waals surface area contributed by atoms with Gasteiger partial charge in [0.1, 0.15) is 22.5 Å². The molecule has 0 spiro atoms. The molecule has 23 heavy (non-hydrogen) atoms. The van der Waals surface area contributed by atoms with Crippen molar-refractivity contribution < 1.29 is 4.39 Å². The van der Waals surface area contributed by atoms with Gasteiger partial charge in [-0.3, -0.25) is 0 Å². The number of allylic oxidation sites excluding steroid dienone is 1. The molecular weight excluding hydrogens is 309 g/mol. The van der Waals surface area contributed by atoms with Gasteiger partial charge in [0.25, 0.3) is 0 Å². The second kappa shape index (κ2) is 6.86. The van der Waals surface area contributed by atoms with Crippen LogP contribution in [0.25, 0.3) is 16.8 Å². The van der Waals surface area contributed by atoms with Crippen LogP contribution in [0, 0.1) is 17.1 Å². The van der Waals surface area contributed by atoms with E-state index in [1.165, 1.54) is 23.6 Å². The molecule has 5 heteroatoms. The molecule has 0 fully saturated rings. The van der Waals surface area contributed by atoms with Crippen LogP contribution in [0.15, 0.2) is 66.2 Å². The van der Waals surface area contributed by atoms with E-state index in [2.05, 4.69) is 16.4 Å². The van der Waals surface area contributed by atoms with Crippen LogP contribution in [0.5, 0.6) is 0 Å². The molecule has 0 aliphatic rings. The normalized spacial score (nSPS) is 11.0. The Kier molecular flexibility index (Phi) is 4.46. The number of hydrogen-bond acceptors (Lipinski definition) is 4. The lowest BCUT2D eigenvalue weighted by Crippen LogP contribution is -1.93. The molecular formula is C18H12FN3S. The molecule has 0 atom stereocenters. The fourth-order valence-corrected chi connectivity index (χ4v) is 2.80. The Bertz CT molecular complexity index is 879. The fourth-order valence-electron chi connectivity index (χ4n) is 2.01. The summed E-state index contributed by atoms with van der Waals surface area (Å²) in [6.07, 6.45) is 1.48. The van der Waals surface area contributed by atoms with Crippen LogP contribution in [-0.2, 0) is 0 Å². The number of halogens is 1. The summed E-state index contributed by atoms with van der Waals surface area (Å²) in [5.41, 5.74) is 2.49. The van der Waals surface area contributed by atoms with Crippen LogP contribution in [0.3, 0.4) is 0 Å². The van der Waals surface area contributed by atoms with Gasteiger partial charge in [0, 0.05) is 17.1 Å². The van der Waals surface area contributed by atoms with Crippen molar-refractivity contribution in [2.75, 3.05) is 5.32 Å². The number of nitrogens with zero attached hydrogens (tertiary/aromatic N) is 2. The number of anilines is 1. The molecule has 0 aliphatic heterocycles. The van der Waals surface area contributed by atoms with Crippen LogP contribution in [-0.4, -0.2) is 4.98 Å². The number of rotatable bonds is 4. The number of para-hydroxylation sites is 1. The molecule has 2 aromatic carbocycles. The lowest BCUT2D eigenvalue weighted by molar-refractivity contribution is 0.632.